The van der Waals surface area contributed by atoms with Gasteiger partial charge in [0.05, 0.1) is 29.8 Å². The fourth-order valence-corrected chi connectivity index (χ4v) is 6.88. The van der Waals surface area contributed by atoms with Gasteiger partial charge in [0.1, 0.15) is 17.3 Å². The van der Waals surface area contributed by atoms with Gasteiger partial charge in [-0.05, 0) is 53.7 Å². The van der Waals surface area contributed by atoms with Gasteiger partial charge in [-0.15, -0.1) is 0 Å². The first-order valence-corrected chi connectivity index (χ1v) is 14.7. The van der Waals surface area contributed by atoms with Crippen molar-refractivity contribution < 1.29 is 23.5 Å². The summed E-state index contributed by atoms with van der Waals surface area (Å²) in [7, 11) is 0. The maximum absolute atomic E-state index is 13.6. The van der Waals surface area contributed by atoms with Gasteiger partial charge in [-0.25, -0.2) is 13.8 Å². The first-order valence-electron chi connectivity index (χ1n) is 13.2. The number of hydrogen-bond acceptors (Lipinski definition) is 8. The number of nitrogens with zero attached hydrogens (tertiary/aromatic N) is 6. The molecule has 10 nitrogen and oxygen atoms in total. The van der Waals surface area contributed by atoms with Crippen LogP contribution in [-0.4, -0.2) is 70.5 Å². The third kappa shape index (κ3) is 5.46. The Labute approximate surface area is 251 Å². The Morgan fingerprint density at radius 1 is 1.12 bits per heavy atom. The lowest BCUT2D eigenvalue weighted by Crippen LogP contribution is -2.50. The molecule has 15 heteroatoms. The molecule has 0 bridgehead atoms. The predicted octanol–water partition coefficient (Wildman–Crippen LogP) is 3.94. The van der Waals surface area contributed by atoms with Crippen molar-refractivity contribution in [3.05, 3.63) is 62.4 Å². The number of aliphatic hydroxyl groups is 1. The number of aromatic nitrogens is 5. The number of benzene rings is 1. The van der Waals surface area contributed by atoms with Gasteiger partial charge in [-0.3, -0.25) is 23.6 Å². The third-order valence-corrected chi connectivity index (χ3v) is 9.25. The SMILES string of the molecule is O=C1Cc2cc(Cl)c(-c3snc4c(=O)n(CC5(O)CCN(C(=O)CC(C(F)F)n6ccc(Cl)n6)CC5)cnc34)cc2C1. The van der Waals surface area contributed by atoms with E-state index in [1.165, 1.54) is 28.1 Å². The average molecular weight is 637 g/mol. The summed E-state index contributed by atoms with van der Waals surface area (Å²) in [6, 6.07) is 3.54. The van der Waals surface area contributed by atoms with Crippen LogP contribution in [0.5, 0.6) is 0 Å². The van der Waals surface area contributed by atoms with Crippen molar-refractivity contribution in [1.82, 2.24) is 28.6 Å². The highest BCUT2D eigenvalue weighted by molar-refractivity contribution is 7.11. The van der Waals surface area contributed by atoms with E-state index in [2.05, 4.69) is 14.5 Å². The van der Waals surface area contributed by atoms with E-state index in [0.29, 0.717) is 33.8 Å². The second kappa shape index (κ2) is 11.1. The smallest absolute Gasteiger partial charge is 0.281 e. The largest absolute Gasteiger partial charge is 0.388 e. The van der Waals surface area contributed by atoms with Gasteiger partial charge in [0.25, 0.3) is 12.0 Å². The molecular weight excluding hydrogens is 613 g/mol. The molecule has 1 amide bonds. The van der Waals surface area contributed by atoms with E-state index in [4.69, 9.17) is 23.2 Å². The number of amides is 1. The zero-order valence-corrected chi connectivity index (χ0v) is 24.3. The molecule has 1 fully saturated rings. The molecule has 1 aromatic carbocycles. The number of carbonyl (C=O) groups excluding carboxylic acids is 2. The molecule has 1 aliphatic carbocycles. The molecule has 0 saturated carbocycles. The van der Waals surface area contributed by atoms with Gasteiger partial charge in [0.15, 0.2) is 10.7 Å². The highest BCUT2D eigenvalue weighted by Gasteiger charge is 2.37. The van der Waals surface area contributed by atoms with E-state index in [0.717, 1.165) is 27.3 Å². The summed E-state index contributed by atoms with van der Waals surface area (Å²) >= 11 is 13.4. The van der Waals surface area contributed by atoms with E-state index in [1.54, 1.807) is 6.07 Å². The normalized spacial score (nSPS) is 17.3. The minimum Gasteiger partial charge on any atom is -0.388 e. The van der Waals surface area contributed by atoms with Crippen molar-refractivity contribution in [1.29, 1.82) is 0 Å². The molecule has 1 unspecified atom stereocenters. The van der Waals surface area contributed by atoms with E-state index in [1.807, 2.05) is 6.07 Å². The zero-order chi connectivity index (χ0) is 29.8. The van der Waals surface area contributed by atoms with Crippen LogP contribution in [0.15, 0.2) is 35.5 Å². The topological polar surface area (TPSA) is 123 Å². The predicted molar refractivity (Wildman–Crippen MR) is 152 cm³/mol. The molecule has 4 heterocycles. The van der Waals surface area contributed by atoms with Crippen LogP contribution in [0, 0.1) is 0 Å². The van der Waals surface area contributed by atoms with Crippen LogP contribution in [0.25, 0.3) is 21.5 Å². The van der Waals surface area contributed by atoms with Crippen LogP contribution in [0.4, 0.5) is 8.78 Å². The number of Topliss-reactive ketones (excluding diaryl/α,β-unsaturated/α-hetero) is 1. The highest BCUT2D eigenvalue weighted by Crippen LogP contribution is 2.38. The van der Waals surface area contributed by atoms with Crippen molar-refractivity contribution in [2.45, 2.75) is 56.7 Å². The quantitative estimate of drug-likeness (QED) is 0.326. The fourth-order valence-electron chi connectivity index (χ4n) is 5.55. The van der Waals surface area contributed by atoms with E-state index < -0.39 is 36.0 Å². The summed E-state index contributed by atoms with van der Waals surface area (Å²) in [6.07, 6.45) is 0.338. The summed E-state index contributed by atoms with van der Waals surface area (Å²) in [6.45, 7) is 0.197. The van der Waals surface area contributed by atoms with Crippen molar-refractivity contribution in [2.24, 2.45) is 0 Å². The molecule has 6 rings (SSSR count). The number of hydrogen-bond donors (Lipinski definition) is 1. The van der Waals surface area contributed by atoms with Gasteiger partial charge in [0, 0.05) is 42.7 Å². The van der Waals surface area contributed by atoms with Crippen molar-refractivity contribution in [2.75, 3.05) is 13.1 Å². The maximum atomic E-state index is 13.6. The van der Waals surface area contributed by atoms with Crippen LogP contribution in [0.1, 0.15) is 36.4 Å². The molecule has 0 radical (unpaired) electrons. The number of halogens is 4. The minimum atomic E-state index is -2.82. The first-order chi connectivity index (χ1) is 20.0. The maximum Gasteiger partial charge on any atom is 0.281 e. The lowest BCUT2D eigenvalue weighted by Gasteiger charge is -2.38. The number of ketones is 1. The molecule has 1 aliphatic heterocycles. The van der Waals surface area contributed by atoms with Crippen LogP contribution < -0.4 is 5.56 Å². The van der Waals surface area contributed by atoms with Crippen LogP contribution in [0.2, 0.25) is 10.2 Å². The molecule has 1 N–H and O–H groups in total. The molecule has 1 saturated heterocycles. The van der Waals surface area contributed by atoms with Gasteiger partial charge in [-0.1, -0.05) is 23.2 Å². The summed E-state index contributed by atoms with van der Waals surface area (Å²) in [5.74, 6) is -0.364. The Balaban J connectivity index is 1.15. The Morgan fingerprint density at radius 3 is 2.50 bits per heavy atom. The van der Waals surface area contributed by atoms with E-state index >= 15 is 0 Å². The summed E-state index contributed by atoms with van der Waals surface area (Å²) in [5.41, 5.74) is 1.22. The second-order valence-corrected chi connectivity index (χ2v) is 12.3. The highest BCUT2D eigenvalue weighted by atomic mass is 35.5. The average Bonchev–Trinajstić information content (AvgIpc) is 3.66. The standard InChI is InChI=1S/C27H24Cl2F2N6O4S/c28-18-10-15-8-16(38)7-14(15)9-17(18)24-22-23(34-42-24)26(40)36(13-32-22)12-27(41)2-5-35(6-3-27)21(39)11-19(25(30)31)37-4-1-20(29)33-37/h1,4,9-10,13,19,25,41H,2-3,5-8,11-12H2. The number of alkyl halides is 2. The molecule has 1 atom stereocenters. The van der Waals surface area contributed by atoms with Crippen LogP contribution in [0.3, 0.4) is 0 Å². The molecule has 3 aromatic heterocycles. The van der Waals surface area contributed by atoms with Crippen molar-refractivity contribution in [3.8, 4) is 10.4 Å². The number of fused-ring (bicyclic) bond motifs is 2. The summed E-state index contributed by atoms with van der Waals surface area (Å²) in [5, 5.41) is 15.6. The van der Waals surface area contributed by atoms with Gasteiger partial charge < -0.3 is 10.0 Å². The van der Waals surface area contributed by atoms with Crippen LogP contribution in [-0.2, 0) is 29.0 Å². The number of piperidine rings is 1. The number of rotatable bonds is 7. The van der Waals surface area contributed by atoms with E-state index in [9.17, 15) is 28.3 Å². The lowest BCUT2D eigenvalue weighted by atomic mass is 9.91. The molecular formula is C27H24Cl2F2N6O4S. The van der Waals surface area contributed by atoms with Crippen LogP contribution >= 0.6 is 34.7 Å². The van der Waals surface area contributed by atoms with Gasteiger partial charge in [0.2, 0.25) is 5.91 Å². The summed E-state index contributed by atoms with van der Waals surface area (Å²) in [4.78, 5) is 44.5. The molecule has 42 heavy (non-hydrogen) atoms. The second-order valence-electron chi connectivity index (χ2n) is 10.7. The lowest BCUT2D eigenvalue weighted by molar-refractivity contribution is -0.138. The molecule has 220 valence electrons. The Morgan fingerprint density at radius 2 is 1.83 bits per heavy atom. The monoisotopic (exact) mass is 636 g/mol. The van der Waals surface area contributed by atoms with Crippen molar-refractivity contribution in [3.63, 3.8) is 0 Å². The Hall–Kier alpha value is -3.26. The molecule has 4 aromatic rings. The number of likely N-dealkylation sites (tertiary alicyclic amines) is 1. The Bertz CT molecular complexity index is 1760. The summed E-state index contributed by atoms with van der Waals surface area (Å²) < 4.78 is 33.9. The fraction of sp³-hybridized carbons (Fsp3) is 0.407. The minimum absolute atomic E-state index is 0.0534. The van der Waals surface area contributed by atoms with Crippen molar-refractivity contribution >= 4 is 57.5 Å². The first kappa shape index (κ1) is 28.8. The van der Waals surface area contributed by atoms with Gasteiger partial charge >= 0.3 is 0 Å². The zero-order valence-electron chi connectivity index (χ0n) is 22.0. The molecule has 2 aliphatic rings. The third-order valence-electron chi connectivity index (χ3n) is 7.87. The number of carbonyl (C=O) groups is 2. The van der Waals surface area contributed by atoms with Gasteiger partial charge in [-0.2, -0.15) is 9.47 Å². The molecule has 0 spiro atoms. The Kier molecular flexibility index (Phi) is 7.62. The van der Waals surface area contributed by atoms with E-state index in [-0.39, 0.29) is 48.9 Å².